The van der Waals surface area contributed by atoms with Gasteiger partial charge in [-0.1, -0.05) is 6.07 Å². The van der Waals surface area contributed by atoms with Crippen molar-refractivity contribution in [3.05, 3.63) is 70.1 Å². The normalized spacial score (nSPS) is 19.1. The van der Waals surface area contributed by atoms with Gasteiger partial charge in [0.15, 0.2) is 11.6 Å². The molecule has 0 radical (unpaired) electrons. The number of carbonyl (C=O) groups excluding carboxylic acids is 1. The van der Waals surface area contributed by atoms with Gasteiger partial charge < -0.3 is 25.8 Å². The van der Waals surface area contributed by atoms with Gasteiger partial charge in [-0.15, -0.1) is 0 Å². The fraction of sp³-hybridized carbons (Fsp3) is 0.320. The minimum atomic E-state index is -0.963. The van der Waals surface area contributed by atoms with E-state index in [0.29, 0.717) is 16.9 Å². The second-order valence-electron chi connectivity index (χ2n) is 9.17. The number of halogens is 2. The summed E-state index contributed by atoms with van der Waals surface area (Å²) >= 11 is 0. The first-order valence-corrected chi connectivity index (χ1v) is 11.7. The SMILES string of the molecule is CC1N(C)c2ccc(NC(=O)c3ccc(=O)n(-c4c(F)cccc4F)n3)c(N3CCC(N)C3)c2N1C. The number of nitrogens with zero attached hydrogens (tertiary/aromatic N) is 5. The van der Waals surface area contributed by atoms with Crippen LogP contribution in [0.1, 0.15) is 23.8 Å². The number of aromatic nitrogens is 2. The smallest absolute Gasteiger partial charge is 0.276 e. The monoisotopic (exact) mass is 495 g/mol. The van der Waals surface area contributed by atoms with Crippen LogP contribution in [0.3, 0.4) is 0 Å². The molecule has 2 unspecified atom stereocenters. The highest BCUT2D eigenvalue weighted by molar-refractivity contribution is 6.07. The van der Waals surface area contributed by atoms with E-state index in [1.165, 1.54) is 12.1 Å². The molecule has 3 aromatic rings. The molecule has 0 spiro atoms. The first-order valence-electron chi connectivity index (χ1n) is 11.7. The second kappa shape index (κ2) is 8.90. The van der Waals surface area contributed by atoms with Gasteiger partial charge in [0.2, 0.25) is 0 Å². The Kier molecular flexibility index (Phi) is 5.87. The summed E-state index contributed by atoms with van der Waals surface area (Å²) in [4.78, 5) is 32.1. The Labute approximate surface area is 206 Å². The van der Waals surface area contributed by atoms with E-state index in [0.717, 1.165) is 48.2 Å². The topological polar surface area (TPSA) is 99.7 Å². The van der Waals surface area contributed by atoms with Gasteiger partial charge in [0.1, 0.15) is 11.4 Å². The Bertz CT molecular complexity index is 1390. The Morgan fingerprint density at radius 3 is 2.42 bits per heavy atom. The lowest BCUT2D eigenvalue weighted by Gasteiger charge is -2.28. The molecule has 1 saturated heterocycles. The van der Waals surface area contributed by atoms with Gasteiger partial charge in [0.25, 0.3) is 11.5 Å². The summed E-state index contributed by atoms with van der Waals surface area (Å²) in [7, 11) is 4.01. The lowest BCUT2D eigenvalue weighted by Crippen LogP contribution is -2.36. The van der Waals surface area contributed by atoms with E-state index < -0.39 is 28.8 Å². The third-order valence-electron chi connectivity index (χ3n) is 6.96. The molecule has 36 heavy (non-hydrogen) atoms. The Morgan fingerprint density at radius 1 is 1.03 bits per heavy atom. The van der Waals surface area contributed by atoms with Gasteiger partial charge in [-0.25, -0.2) is 8.78 Å². The molecular formula is C25H27F2N7O2. The van der Waals surface area contributed by atoms with Crippen LogP contribution in [0.5, 0.6) is 0 Å². The van der Waals surface area contributed by atoms with Gasteiger partial charge in [0.05, 0.1) is 28.9 Å². The minimum Gasteiger partial charge on any atom is -0.366 e. The molecule has 0 bridgehead atoms. The Hall–Kier alpha value is -3.99. The molecule has 2 aliphatic rings. The van der Waals surface area contributed by atoms with Crippen molar-refractivity contribution >= 4 is 28.7 Å². The van der Waals surface area contributed by atoms with Crippen LogP contribution in [-0.4, -0.2) is 55.1 Å². The summed E-state index contributed by atoms with van der Waals surface area (Å²) in [5.41, 5.74) is 8.03. The fourth-order valence-corrected chi connectivity index (χ4v) is 4.83. The molecule has 11 heteroatoms. The van der Waals surface area contributed by atoms with Gasteiger partial charge in [-0.3, -0.25) is 9.59 Å². The van der Waals surface area contributed by atoms with E-state index in [4.69, 9.17) is 5.73 Å². The molecule has 5 rings (SSSR count). The predicted molar refractivity (Wildman–Crippen MR) is 135 cm³/mol. The van der Waals surface area contributed by atoms with Gasteiger partial charge in [-0.05, 0) is 43.7 Å². The highest BCUT2D eigenvalue weighted by Gasteiger charge is 2.35. The van der Waals surface area contributed by atoms with Crippen LogP contribution < -0.4 is 31.3 Å². The molecule has 1 amide bonds. The molecule has 0 aliphatic carbocycles. The molecule has 1 fully saturated rings. The van der Waals surface area contributed by atoms with Crippen LogP contribution in [0.4, 0.5) is 31.5 Å². The zero-order valence-corrected chi connectivity index (χ0v) is 20.2. The van der Waals surface area contributed by atoms with Crippen molar-refractivity contribution in [3.8, 4) is 5.69 Å². The molecule has 2 aromatic carbocycles. The summed E-state index contributed by atoms with van der Waals surface area (Å²) in [6.07, 6.45) is 0.939. The molecule has 2 atom stereocenters. The summed E-state index contributed by atoms with van der Waals surface area (Å²) in [6.45, 7) is 3.47. The lowest BCUT2D eigenvalue weighted by atomic mass is 10.1. The molecule has 3 heterocycles. The largest absolute Gasteiger partial charge is 0.366 e. The van der Waals surface area contributed by atoms with Crippen molar-refractivity contribution in [1.29, 1.82) is 0 Å². The first-order chi connectivity index (χ1) is 17.2. The van der Waals surface area contributed by atoms with Crippen molar-refractivity contribution < 1.29 is 13.6 Å². The number of carbonyl (C=O) groups is 1. The molecule has 9 nitrogen and oxygen atoms in total. The van der Waals surface area contributed by atoms with E-state index in [-0.39, 0.29) is 17.9 Å². The summed E-state index contributed by atoms with van der Waals surface area (Å²) in [6, 6.07) is 9.29. The standard InChI is InChI=1S/C25H27F2N7O2/c1-14-31(2)20-9-7-18(23(24(20)32(14)3)33-12-11-15(28)13-33)29-25(36)19-8-10-21(35)34(30-19)22-16(26)5-4-6-17(22)27/h4-10,14-15H,11-13,28H2,1-3H3,(H,29,36). The minimum absolute atomic E-state index is 0.0205. The summed E-state index contributed by atoms with van der Waals surface area (Å²) in [5.74, 6) is -2.54. The predicted octanol–water partition coefficient (Wildman–Crippen LogP) is 2.53. The van der Waals surface area contributed by atoms with Crippen molar-refractivity contribution in [2.75, 3.05) is 47.2 Å². The van der Waals surface area contributed by atoms with E-state index in [9.17, 15) is 18.4 Å². The summed E-state index contributed by atoms with van der Waals surface area (Å²) in [5, 5.41) is 6.86. The van der Waals surface area contributed by atoms with Crippen molar-refractivity contribution in [2.24, 2.45) is 5.73 Å². The third kappa shape index (κ3) is 3.85. The van der Waals surface area contributed by atoms with Crippen molar-refractivity contribution in [3.63, 3.8) is 0 Å². The molecule has 2 aliphatic heterocycles. The molecule has 0 saturated carbocycles. The number of nitrogens with two attached hydrogens (primary N) is 1. The Morgan fingerprint density at radius 2 is 1.75 bits per heavy atom. The number of hydrogen-bond donors (Lipinski definition) is 2. The molecular weight excluding hydrogens is 468 g/mol. The lowest BCUT2D eigenvalue weighted by molar-refractivity contribution is 0.102. The van der Waals surface area contributed by atoms with Crippen molar-refractivity contribution in [2.45, 2.75) is 25.6 Å². The third-order valence-corrected chi connectivity index (χ3v) is 6.96. The maximum absolute atomic E-state index is 14.3. The molecule has 1 aromatic heterocycles. The van der Waals surface area contributed by atoms with Crippen molar-refractivity contribution in [1.82, 2.24) is 9.78 Å². The van der Waals surface area contributed by atoms with Crippen LogP contribution in [-0.2, 0) is 0 Å². The maximum Gasteiger partial charge on any atom is 0.276 e. The first kappa shape index (κ1) is 23.7. The van der Waals surface area contributed by atoms with E-state index in [1.807, 2.05) is 26.2 Å². The number of fused-ring (bicyclic) bond motifs is 1. The average Bonchev–Trinajstić information content (AvgIpc) is 3.37. The highest BCUT2D eigenvalue weighted by Crippen LogP contribution is 2.49. The van der Waals surface area contributed by atoms with Crippen LogP contribution in [0.2, 0.25) is 0 Å². The van der Waals surface area contributed by atoms with Crippen LogP contribution in [0, 0.1) is 11.6 Å². The van der Waals surface area contributed by atoms with E-state index in [2.05, 4.69) is 32.0 Å². The van der Waals surface area contributed by atoms with Gasteiger partial charge in [0, 0.05) is 39.3 Å². The van der Waals surface area contributed by atoms with Crippen LogP contribution in [0.25, 0.3) is 5.69 Å². The number of rotatable bonds is 4. The Balaban J connectivity index is 1.55. The summed E-state index contributed by atoms with van der Waals surface area (Å²) < 4.78 is 29.2. The van der Waals surface area contributed by atoms with Gasteiger partial charge >= 0.3 is 0 Å². The fourth-order valence-electron chi connectivity index (χ4n) is 4.83. The second-order valence-corrected chi connectivity index (χ2v) is 9.17. The maximum atomic E-state index is 14.3. The van der Waals surface area contributed by atoms with Gasteiger partial charge in [-0.2, -0.15) is 9.78 Å². The average molecular weight is 496 g/mol. The highest BCUT2D eigenvalue weighted by atomic mass is 19.1. The van der Waals surface area contributed by atoms with Crippen LogP contribution >= 0.6 is 0 Å². The number of amides is 1. The van der Waals surface area contributed by atoms with E-state index in [1.54, 1.807) is 0 Å². The van der Waals surface area contributed by atoms with Crippen LogP contribution in [0.15, 0.2) is 47.3 Å². The molecule has 3 N–H and O–H groups in total. The quantitative estimate of drug-likeness (QED) is 0.574. The zero-order valence-electron chi connectivity index (χ0n) is 20.2. The number of para-hydroxylation sites is 1. The number of benzene rings is 2. The van der Waals surface area contributed by atoms with E-state index >= 15 is 0 Å². The number of nitrogens with one attached hydrogen (secondary N) is 1. The number of hydrogen-bond acceptors (Lipinski definition) is 7. The molecule has 188 valence electrons. The zero-order chi connectivity index (χ0) is 25.7. The number of anilines is 4.